The van der Waals surface area contributed by atoms with Crippen LogP contribution < -0.4 is 91.9 Å². The molecule has 0 bridgehead atoms. The predicted molar refractivity (Wildman–Crippen MR) is 357 cm³/mol. The number of alkyl halides is 4. The Morgan fingerprint density at radius 3 is 0.407 bits per heavy atom. The van der Waals surface area contributed by atoms with Gasteiger partial charge in [0.05, 0.1) is 10.7 Å². The molecule has 6 rings (SSSR count). The summed E-state index contributed by atoms with van der Waals surface area (Å²) in [4.78, 5) is 76.0. The van der Waals surface area contributed by atoms with E-state index in [1.54, 1.807) is 109 Å². The molecule has 0 unspecified atom stereocenters. The molecule has 40 heteroatoms. The van der Waals surface area contributed by atoms with Crippen LogP contribution in [-0.4, -0.2) is 163 Å². The van der Waals surface area contributed by atoms with E-state index in [9.17, 15) is 61.3 Å². The van der Waals surface area contributed by atoms with Gasteiger partial charge >= 0.3 is 102 Å². The zero-order chi connectivity index (χ0) is 79.7. The quantitative estimate of drug-likeness (QED) is 0.0438. The number of halogens is 4. The van der Waals surface area contributed by atoms with Gasteiger partial charge in [-0.3, -0.25) is 30.0 Å². The molecule has 0 N–H and O–H groups in total. The van der Waals surface area contributed by atoms with Gasteiger partial charge in [-0.25, -0.2) is 0 Å². The predicted octanol–water partition coefficient (Wildman–Crippen LogP) is -7.40. The van der Waals surface area contributed by atoms with E-state index >= 15 is 0 Å². The van der Waals surface area contributed by atoms with Gasteiger partial charge in [-0.1, -0.05) is 146 Å². The third-order valence-corrected chi connectivity index (χ3v) is 8.22. The van der Waals surface area contributed by atoms with Crippen LogP contribution in [0.15, 0.2) is 176 Å². The van der Waals surface area contributed by atoms with Crippen molar-refractivity contribution >= 4 is 120 Å². The number of hydrogen-bond acceptors (Lipinski definition) is 30. The molecule has 0 saturated heterocycles. The minimum absolute atomic E-state index is 0. The van der Waals surface area contributed by atoms with Crippen LogP contribution in [-0.2, 0) is 131 Å². The number of carboxylic acids is 6. The average molecular weight is 1840 g/mol. The van der Waals surface area contributed by atoms with E-state index in [4.69, 9.17) is 106 Å². The molecule has 6 aromatic carbocycles. The van der Waals surface area contributed by atoms with Gasteiger partial charge in [-0.15, -0.1) is 121 Å². The van der Waals surface area contributed by atoms with Crippen LogP contribution in [0, 0.1) is 0 Å². The third kappa shape index (κ3) is 120. The summed E-state index contributed by atoms with van der Waals surface area (Å²) in [6.07, 6.45) is 8.67. The molecule has 0 heterocycles. The number of carbonyl (C=O) groups is 6. The number of carbonyl (C=O) groups excluding carboxylic acids is 6. The zero-order valence-corrected chi connectivity index (χ0v) is 68.0. The molecule has 0 amide bonds. The van der Waals surface area contributed by atoms with Crippen LogP contribution in [0.2, 0.25) is 0 Å². The maximum absolute atomic E-state index is 11.0. The fourth-order valence-electron chi connectivity index (χ4n) is 4.82. The molecular formula is C68H76Cl4Fe6N6O24. The topological polar surface area (TPSA) is 592 Å². The molecule has 0 saturated carbocycles. The van der Waals surface area contributed by atoms with E-state index in [2.05, 4.69) is 30.0 Å². The van der Waals surface area contributed by atoms with E-state index in [1.165, 1.54) is 73.7 Å². The fourth-order valence-corrected chi connectivity index (χ4v) is 4.82. The Balaban J connectivity index is -0.0000000753. The van der Waals surface area contributed by atoms with Crippen molar-refractivity contribution in [3.05, 3.63) is 179 Å². The summed E-state index contributed by atoms with van der Waals surface area (Å²) >= 11 is 19.1. The molecule has 0 aliphatic carbocycles. The van der Waals surface area contributed by atoms with Crippen molar-refractivity contribution in [3.8, 4) is 34.5 Å². The summed E-state index contributed by atoms with van der Waals surface area (Å²) < 4.78 is 0. The Morgan fingerprint density at radius 2 is 0.333 bits per heavy atom. The molecule has 0 fully saturated rings. The first-order chi connectivity index (χ1) is 48.3. The number of rotatable bonds is 18. The number of nitrogens with zero attached hydrogens (tertiary/aromatic N) is 6. The van der Waals surface area contributed by atoms with Gasteiger partial charge in [0.15, 0.2) is 0 Å². The first-order valence-electron chi connectivity index (χ1n) is 28.6. The SMILES string of the molecule is CC(=O)[O-].CC(=O)[O-].CC(=O)[O-].CC(=O)[O-].CC(=O)[O-].CC(=O)[O-].ClCCl.ClCCl.[Fe+3].[Fe+3].[Fe+3].[Fe+3].[Fe+3].[Fe+3].[O-]CCN=Cc1ccccc1[O-].[O-]CCN=Cc1ccccc1[O-].[O-]CCN=Cc1ccccc1[O-].[O-]CCN=Cc1ccccc1[O-].[O-]CCN=Cc1ccccc1[O-].[O-]CCN=Cc1ccccc1[O-]. The number of aliphatic imine (C=N–C) groups is 6. The normalized spacial score (nSPS) is 8.89. The summed E-state index contributed by atoms with van der Waals surface area (Å²) in [5, 5.41) is 180. The minimum Gasteiger partial charge on any atom is -0.872 e. The smallest absolute Gasteiger partial charge is 0.872 e. The van der Waals surface area contributed by atoms with Gasteiger partial charge in [-0.2, -0.15) is 0 Å². The Kier molecular flexibility index (Phi) is 129. The maximum Gasteiger partial charge on any atom is 3.00 e. The van der Waals surface area contributed by atoms with Crippen LogP contribution in [0.4, 0.5) is 0 Å². The van der Waals surface area contributed by atoms with E-state index in [1.807, 2.05) is 0 Å². The van der Waals surface area contributed by atoms with Crippen molar-refractivity contribution in [2.75, 3.05) is 89.6 Å². The van der Waals surface area contributed by atoms with Gasteiger partial charge < -0.3 is 121 Å². The van der Waals surface area contributed by atoms with Crippen LogP contribution in [0.5, 0.6) is 34.5 Å². The van der Waals surface area contributed by atoms with Crippen molar-refractivity contribution in [2.24, 2.45) is 30.0 Å². The molecular weight excluding hydrogens is 1760 g/mol. The van der Waals surface area contributed by atoms with Crippen molar-refractivity contribution in [1.29, 1.82) is 0 Å². The molecule has 6 aromatic rings. The fraction of sp³-hybridized carbons (Fsp3) is 0.294. The maximum atomic E-state index is 11.0. The van der Waals surface area contributed by atoms with Crippen LogP contribution >= 0.6 is 46.4 Å². The average Bonchev–Trinajstić information content (AvgIpc) is 0.968. The molecule has 108 heavy (non-hydrogen) atoms. The first-order valence-corrected chi connectivity index (χ1v) is 30.8. The van der Waals surface area contributed by atoms with Crippen molar-refractivity contribution < 1.29 is 223 Å². The molecule has 0 atom stereocenters. The molecule has 0 aliphatic rings. The monoisotopic (exact) mass is 1840 g/mol. The van der Waals surface area contributed by atoms with Gasteiger partial charge in [0.2, 0.25) is 0 Å². The molecule has 598 valence electrons. The third-order valence-electron chi connectivity index (χ3n) is 8.22. The summed E-state index contributed by atoms with van der Waals surface area (Å²) in [6.45, 7) is 5.78. The second-order valence-corrected chi connectivity index (χ2v) is 18.4. The number of benzene rings is 6. The van der Waals surface area contributed by atoms with Gasteiger partial charge in [0.1, 0.15) is 0 Å². The largest absolute Gasteiger partial charge is 3.00 e. The second kappa shape index (κ2) is 104. The molecule has 0 aliphatic heterocycles. The Hall–Kier alpha value is -7.00. The van der Waals surface area contributed by atoms with E-state index in [0.717, 1.165) is 41.5 Å². The standard InChI is InChI=1S/6C9H10NO2.6C2H4O2.2CH2Cl2.6Fe/c6*11-6-5-10-7-8-3-1-2-4-9(8)12;6*1-2(3)4;2*2-1-3;;;;;;/h6*1-4,7,12H,5-6H2;6*1H3,(H,3,4);2*1H2;;;;;;/q6*-1;;;;;;;;;6*+3/p-12. The van der Waals surface area contributed by atoms with E-state index in [0.29, 0.717) is 33.4 Å². The molecule has 6 radical (unpaired) electrons. The number of carboxylic acid groups (broad SMARTS) is 6. The van der Waals surface area contributed by atoms with Crippen LogP contribution in [0.3, 0.4) is 0 Å². The van der Waals surface area contributed by atoms with E-state index < -0.39 is 35.8 Å². The summed E-state index contributed by atoms with van der Waals surface area (Å²) in [6, 6.07) is 39.5. The number of para-hydroxylation sites is 6. The summed E-state index contributed by atoms with van der Waals surface area (Å²) in [7, 11) is 0. The van der Waals surface area contributed by atoms with Crippen LogP contribution in [0.1, 0.15) is 74.9 Å². The zero-order valence-electron chi connectivity index (χ0n) is 58.3. The Bertz CT molecular complexity index is 2710. The Morgan fingerprint density at radius 1 is 0.250 bits per heavy atom. The van der Waals surface area contributed by atoms with Crippen molar-refractivity contribution in [3.63, 3.8) is 0 Å². The number of aliphatic carboxylic acids is 6. The number of hydrogen-bond donors (Lipinski definition) is 0. The van der Waals surface area contributed by atoms with E-state index in [-0.39, 0.29) is 226 Å². The summed E-state index contributed by atoms with van der Waals surface area (Å²) in [5.41, 5.74) is 3.20. The van der Waals surface area contributed by atoms with Gasteiger partial charge in [-0.05, 0) is 74.9 Å². The Labute approximate surface area is 711 Å². The molecule has 0 spiro atoms. The molecule has 0 aromatic heterocycles. The van der Waals surface area contributed by atoms with Crippen molar-refractivity contribution in [2.45, 2.75) is 41.5 Å². The van der Waals surface area contributed by atoms with Gasteiger partial charge in [0.25, 0.3) is 0 Å². The van der Waals surface area contributed by atoms with Gasteiger partial charge in [0, 0.05) is 112 Å². The minimum atomic E-state index is -1.08. The van der Waals surface area contributed by atoms with Crippen LogP contribution in [0.25, 0.3) is 0 Å². The summed E-state index contributed by atoms with van der Waals surface area (Å²) in [5.74, 6) is -6.88. The second-order valence-electron chi connectivity index (χ2n) is 16.8. The molecule has 30 nitrogen and oxygen atoms in total. The first kappa shape index (κ1) is 133. The van der Waals surface area contributed by atoms with Crippen molar-refractivity contribution in [1.82, 2.24) is 0 Å².